The minimum Gasteiger partial charge on any atom is -0.366 e. The van der Waals surface area contributed by atoms with E-state index in [1.165, 1.54) is 0 Å². The van der Waals surface area contributed by atoms with Crippen LogP contribution in [0.15, 0.2) is 0 Å². The van der Waals surface area contributed by atoms with Gasteiger partial charge in [0.25, 0.3) is 0 Å². The molecule has 2 rings (SSSR count). The summed E-state index contributed by atoms with van der Waals surface area (Å²) in [5.74, 6) is 1.30. The zero-order valence-corrected chi connectivity index (χ0v) is 13.6. The van der Waals surface area contributed by atoms with Gasteiger partial charge in [0.15, 0.2) is 5.82 Å². The summed E-state index contributed by atoms with van der Waals surface area (Å²) in [7, 11) is 0. The van der Waals surface area contributed by atoms with Crippen LogP contribution in [0.3, 0.4) is 0 Å². The monoisotopic (exact) mass is 317 g/mol. The highest BCUT2D eigenvalue weighted by Crippen LogP contribution is 2.22. The number of nitrogens with one attached hydrogen (secondary N) is 1. The number of carbonyl (C=O) groups excluding carboxylic acids is 1. The van der Waals surface area contributed by atoms with E-state index in [2.05, 4.69) is 15.2 Å². The van der Waals surface area contributed by atoms with Crippen LogP contribution in [0.2, 0.25) is 0 Å². The highest BCUT2D eigenvalue weighted by molar-refractivity contribution is 5.86. The Balaban J connectivity index is 0.00000220. The third kappa shape index (κ3) is 4.15. The molecule has 1 aromatic heterocycles. The van der Waals surface area contributed by atoms with Crippen LogP contribution >= 0.6 is 12.4 Å². The normalized spacial score (nSPS) is 21.5. The van der Waals surface area contributed by atoms with Crippen LogP contribution in [0.5, 0.6) is 0 Å². The van der Waals surface area contributed by atoms with Gasteiger partial charge in [-0.1, -0.05) is 13.3 Å². The number of hydrogen-bond donors (Lipinski definition) is 2. The van der Waals surface area contributed by atoms with Crippen LogP contribution in [-0.4, -0.2) is 51.2 Å². The molecule has 0 spiro atoms. The second kappa shape index (κ2) is 7.20. The van der Waals surface area contributed by atoms with Crippen LogP contribution in [0.25, 0.3) is 0 Å². The van der Waals surface area contributed by atoms with Gasteiger partial charge < -0.3 is 15.4 Å². The summed E-state index contributed by atoms with van der Waals surface area (Å²) in [6, 6.07) is 0. The first-order valence-electron chi connectivity index (χ1n) is 7.03. The Morgan fingerprint density at radius 2 is 2.33 bits per heavy atom. The van der Waals surface area contributed by atoms with E-state index in [9.17, 15) is 4.79 Å². The van der Waals surface area contributed by atoms with Crippen molar-refractivity contribution in [1.82, 2.24) is 20.1 Å². The topological polar surface area (TPSA) is 97.1 Å². The highest BCUT2D eigenvalue weighted by atomic mass is 35.5. The molecular formula is C13H24ClN5O2. The number of H-pyrrole nitrogens is 1. The lowest BCUT2D eigenvalue weighted by atomic mass is 9.95. The summed E-state index contributed by atoms with van der Waals surface area (Å²) in [5.41, 5.74) is 5.31. The van der Waals surface area contributed by atoms with Crippen molar-refractivity contribution in [3.05, 3.63) is 11.6 Å². The van der Waals surface area contributed by atoms with E-state index in [1.807, 2.05) is 13.8 Å². The Hall–Kier alpha value is -1.18. The molecule has 0 saturated carbocycles. The van der Waals surface area contributed by atoms with Gasteiger partial charge in [0.2, 0.25) is 5.91 Å². The van der Waals surface area contributed by atoms with Crippen LogP contribution in [0.1, 0.15) is 44.4 Å². The number of nitrogens with two attached hydrogens (primary N) is 1. The first kappa shape index (κ1) is 17.9. The summed E-state index contributed by atoms with van der Waals surface area (Å²) in [5, 5.41) is 6.89. The molecule has 120 valence electrons. The molecule has 1 aromatic rings. The average molecular weight is 318 g/mol. The number of rotatable bonds is 4. The van der Waals surface area contributed by atoms with E-state index in [4.69, 9.17) is 10.5 Å². The van der Waals surface area contributed by atoms with Crippen molar-refractivity contribution < 1.29 is 9.53 Å². The fourth-order valence-electron chi connectivity index (χ4n) is 2.48. The molecule has 2 heterocycles. The first-order chi connectivity index (χ1) is 9.44. The van der Waals surface area contributed by atoms with Gasteiger partial charge in [-0.2, -0.15) is 5.10 Å². The number of hydrogen-bond acceptors (Lipinski definition) is 5. The van der Waals surface area contributed by atoms with Gasteiger partial charge in [-0.3, -0.25) is 9.89 Å². The molecule has 21 heavy (non-hydrogen) atoms. The predicted octanol–water partition coefficient (Wildman–Crippen LogP) is 0.952. The molecular weight excluding hydrogens is 294 g/mol. The summed E-state index contributed by atoms with van der Waals surface area (Å²) in [6.45, 7) is 7.14. The largest absolute Gasteiger partial charge is 0.366 e. The Bertz CT molecular complexity index is 477. The first-order valence-corrected chi connectivity index (χ1v) is 7.03. The van der Waals surface area contributed by atoms with Crippen molar-refractivity contribution in [2.45, 2.75) is 45.3 Å². The maximum Gasteiger partial charge on any atom is 0.242 e. The molecule has 1 aliphatic rings. The second-order valence-corrected chi connectivity index (χ2v) is 5.56. The standard InChI is InChI=1S/C13H23N5O2.ClH/c1-4-5-13(3,14)12(19)18-6-7-20-10(8-18)11-15-9(2)16-17-11;/h10H,4-8,14H2,1-3H3,(H,15,16,17);1H. The third-order valence-electron chi connectivity index (χ3n) is 3.51. The van der Waals surface area contributed by atoms with Crippen molar-refractivity contribution in [3.63, 3.8) is 0 Å². The molecule has 8 heteroatoms. The quantitative estimate of drug-likeness (QED) is 0.861. The summed E-state index contributed by atoms with van der Waals surface area (Å²) in [6.07, 6.45) is 1.27. The van der Waals surface area contributed by atoms with Gasteiger partial charge in [-0.25, -0.2) is 4.98 Å². The Morgan fingerprint density at radius 3 is 2.90 bits per heavy atom. The molecule has 7 nitrogen and oxygen atoms in total. The van der Waals surface area contributed by atoms with Gasteiger partial charge in [0.05, 0.1) is 18.7 Å². The molecule has 1 amide bonds. The van der Waals surface area contributed by atoms with Crippen molar-refractivity contribution in [1.29, 1.82) is 0 Å². The number of nitrogens with zero attached hydrogens (tertiary/aromatic N) is 3. The van der Waals surface area contributed by atoms with E-state index in [0.717, 1.165) is 12.2 Å². The lowest BCUT2D eigenvalue weighted by Gasteiger charge is -2.36. The van der Waals surface area contributed by atoms with E-state index in [-0.39, 0.29) is 24.4 Å². The highest BCUT2D eigenvalue weighted by Gasteiger charge is 2.35. The smallest absolute Gasteiger partial charge is 0.242 e. The Kier molecular flexibility index (Phi) is 6.12. The molecule has 3 N–H and O–H groups in total. The second-order valence-electron chi connectivity index (χ2n) is 5.56. The summed E-state index contributed by atoms with van der Waals surface area (Å²) < 4.78 is 5.65. The Morgan fingerprint density at radius 1 is 1.62 bits per heavy atom. The number of halogens is 1. The molecule has 1 aliphatic heterocycles. The minimum absolute atomic E-state index is 0. The molecule has 0 aromatic carbocycles. The molecule has 0 radical (unpaired) electrons. The number of aromatic nitrogens is 3. The van der Waals surface area contributed by atoms with E-state index < -0.39 is 5.54 Å². The van der Waals surface area contributed by atoms with Gasteiger partial charge in [-0.15, -0.1) is 12.4 Å². The van der Waals surface area contributed by atoms with Crippen molar-refractivity contribution in [2.75, 3.05) is 19.7 Å². The molecule has 0 bridgehead atoms. The summed E-state index contributed by atoms with van der Waals surface area (Å²) >= 11 is 0. The van der Waals surface area contributed by atoms with Crippen molar-refractivity contribution in [3.8, 4) is 0 Å². The number of aryl methyl sites for hydroxylation is 1. The van der Waals surface area contributed by atoms with Crippen molar-refractivity contribution in [2.24, 2.45) is 5.73 Å². The fourth-order valence-corrected chi connectivity index (χ4v) is 2.48. The summed E-state index contributed by atoms with van der Waals surface area (Å²) in [4.78, 5) is 18.5. The molecule has 2 unspecified atom stereocenters. The molecule has 2 atom stereocenters. The number of aromatic amines is 1. The van der Waals surface area contributed by atoms with Gasteiger partial charge >= 0.3 is 0 Å². The maximum atomic E-state index is 12.5. The zero-order valence-electron chi connectivity index (χ0n) is 12.8. The van der Waals surface area contributed by atoms with Gasteiger partial charge in [0, 0.05) is 6.54 Å². The van der Waals surface area contributed by atoms with Crippen LogP contribution < -0.4 is 5.73 Å². The predicted molar refractivity (Wildman–Crippen MR) is 81.1 cm³/mol. The molecule has 1 fully saturated rings. The van der Waals surface area contributed by atoms with E-state index in [0.29, 0.717) is 31.9 Å². The number of amides is 1. The molecule has 0 aliphatic carbocycles. The van der Waals surface area contributed by atoms with E-state index in [1.54, 1.807) is 11.8 Å². The van der Waals surface area contributed by atoms with E-state index >= 15 is 0 Å². The van der Waals surface area contributed by atoms with Crippen LogP contribution in [0, 0.1) is 6.92 Å². The minimum atomic E-state index is -0.814. The van der Waals surface area contributed by atoms with Crippen molar-refractivity contribution >= 4 is 18.3 Å². The lowest BCUT2D eigenvalue weighted by Crippen LogP contribution is -2.56. The number of ether oxygens (including phenoxy) is 1. The van der Waals surface area contributed by atoms with Gasteiger partial charge in [-0.05, 0) is 20.3 Å². The SMILES string of the molecule is CCCC(C)(N)C(=O)N1CCOC(c2n[nH]c(C)n2)C1.Cl. The fraction of sp³-hybridized carbons (Fsp3) is 0.769. The zero-order chi connectivity index (χ0) is 14.8. The third-order valence-corrected chi connectivity index (χ3v) is 3.51. The Labute approximate surface area is 131 Å². The average Bonchev–Trinajstić information content (AvgIpc) is 2.85. The molecule has 1 saturated heterocycles. The van der Waals surface area contributed by atoms with Crippen LogP contribution in [-0.2, 0) is 9.53 Å². The van der Waals surface area contributed by atoms with Crippen LogP contribution in [0.4, 0.5) is 0 Å². The van der Waals surface area contributed by atoms with Gasteiger partial charge in [0.1, 0.15) is 11.9 Å². The number of carbonyl (C=O) groups is 1. The number of morpholine rings is 1. The maximum absolute atomic E-state index is 12.5. The lowest BCUT2D eigenvalue weighted by molar-refractivity contribution is -0.144.